The fourth-order valence-corrected chi connectivity index (χ4v) is 2.12. The molecule has 1 aromatic carbocycles. The molecule has 6 heteroatoms. The van der Waals surface area contributed by atoms with E-state index in [1.165, 1.54) is 0 Å². The predicted octanol–water partition coefficient (Wildman–Crippen LogP) is 3.07. The molecule has 1 amide bonds. The summed E-state index contributed by atoms with van der Waals surface area (Å²) in [7, 11) is 1.56. The van der Waals surface area contributed by atoms with Crippen molar-refractivity contribution in [3.05, 3.63) is 29.8 Å². The van der Waals surface area contributed by atoms with E-state index < -0.39 is 0 Å². The number of amides is 1. The number of rotatable bonds is 10. The molecule has 0 radical (unpaired) electrons. The number of benzene rings is 1. The number of hydrogen-bond acceptors (Lipinski definition) is 4. The van der Waals surface area contributed by atoms with Crippen molar-refractivity contribution < 1.29 is 14.3 Å². The van der Waals surface area contributed by atoms with Crippen molar-refractivity contribution >= 4 is 18.3 Å². The Kier molecular flexibility index (Phi) is 11.5. The van der Waals surface area contributed by atoms with Crippen molar-refractivity contribution in [3.8, 4) is 5.75 Å². The topological polar surface area (TPSA) is 73.6 Å². The van der Waals surface area contributed by atoms with Gasteiger partial charge in [-0.3, -0.25) is 4.79 Å². The third kappa shape index (κ3) is 8.52. The first-order chi connectivity index (χ1) is 11.0. The molecule has 0 aliphatic rings. The average molecular weight is 359 g/mol. The number of halogens is 1. The van der Waals surface area contributed by atoms with Crippen molar-refractivity contribution in [2.24, 2.45) is 11.7 Å². The number of ether oxygens (including phenoxy) is 2. The highest BCUT2D eigenvalue weighted by atomic mass is 35.5. The molecule has 0 heterocycles. The van der Waals surface area contributed by atoms with Gasteiger partial charge in [0.1, 0.15) is 5.75 Å². The second kappa shape index (κ2) is 12.1. The van der Waals surface area contributed by atoms with E-state index in [0.29, 0.717) is 12.5 Å². The van der Waals surface area contributed by atoms with Crippen LogP contribution in [-0.2, 0) is 9.53 Å². The van der Waals surface area contributed by atoms with E-state index in [9.17, 15) is 4.79 Å². The molecule has 2 unspecified atom stereocenters. The second-order valence-corrected chi connectivity index (χ2v) is 6.19. The first kappa shape index (κ1) is 22.7. The Morgan fingerprint density at radius 3 is 2.33 bits per heavy atom. The molecule has 0 bridgehead atoms. The van der Waals surface area contributed by atoms with Gasteiger partial charge in [-0.05, 0) is 37.0 Å². The summed E-state index contributed by atoms with van der Waals surface area (Å²) >= 11 is 0. The van der Waals surface area contributed by atoms with Crippen LogP contribution < -0.4 is 15.8 Å². The number of hydrogen-bond donors (Lipinski definition) is 2. The molecule has 0 aliphatic heterocycles. The Morgan fingerprint density at radius 2 is 1.83 bits per heavy atom. The molecule has 1 aromatic rings. The summed E-state index contributed by atoms with van der Waals surface area (Å²) < 4.78 is 10.8. The van der Waals surface area contributed by atoms with Gasteiger partial charge in [0.2, 0.25) is 5.91 Å². The Morgan fingerprint density at radius 1 is 1.21 bits per heavy atom. The standard InChI is InChI=1S/C18H30N2O3.ClH/c1-13(2)9-10-23-16-7-5-15(6-8-16)14(3)20-18(21)11-17(12-19)22-4;/h5-8,13-14,17H,9-12,19H2,1-4H3,(H,20,21);1H. The van der Waals surface area contributed by atoms with Gasteiger partial charge in [-0.1, -0.05) is 26.0 Å². The summed E-state index contributed by atoms with van der Waals surface area (Å²) in [6.45, 7) is 7.36. The zero-order valence-electron chi connectivity index (χ0n) is 15.1. The molecule has 0 saturated carbocycles. The summed E-state index contributed by atoms with van der Waals surface area (Å²) in [6, 6.07) is 7.77. The molecule has 2 atom stereocenters. The van der Waals surface area contributed by atoms with Gasteiger partial charge in [0.25, 0.3) is 0 Å². The predicted molar refractivity (Wildman–Crippen MR) is 99.7 cm³/mol. The van der Waals surface area contributed by atoms with Crippen LogP contribution in [0.3, 0.4) is 0 Å². The van der Waals surface area contributed by atoms with Gasteiger partial charge in [0.05, 0.1) is 25.2 Å². The molecule has 0 saturated heterocycles. The van der Waals surface area contributed by atoms with E-state index in [4.69, 9.17) is 15.2 Å². The minimum atomic E-state index is -0.237. The van der Waals surface area contributed by atoms with Crippen molar-refractivity contribution in [1.82, 2.24) is 5.32 Å². The number of carbonyl (C=O) groups excluding carboxylic acids is 1. The molecule has 0 fully saturated rings. The van der Waals surface area contributed by atoms with Crippen LogP contribution in [0.2, 0.25) is 0 Å². The fourth-order valence-electron chi connectivity index (χ4n) is 2.12. The molecular formula is C18H31ClN2O3. The molecular weight excluding hydrogens is 328 g/mol. The van der Waals surface area contributed by atoms with Crippen molar-refractivity contribution in [3.63, 3.8) is 0 Å². The zero-order valence-corrected chi connectivity index (χ0v) is 15.9. The molecule has 138 valence electrons. The maximum absolute atomic E-state index is 12.0. The first-order valence-corrected chi connectivity index (χ1v) is 8.21. The minimum absolute atomic E-state index is 0. The Balaban J connectivity index is 0.00000529. The molecule has 24 heavy (non-hydrogen) atoms. The van der Waals surface area contributed by atoms with E-state index in [1.54, 1.807) is 7.11 Å². The Labute approximate surface area is 151 Å². The molecule has 0 aliphatic carbocycles. The minimum Gasteiger partial charge on any atom is -0.494 e. The van der Waals surface area contributed by atoms with E-state index in [2.05, 4.69) is 19.2 Å². The summed E-state index contributed by atoms with van der Waals surface area (Å²) in [4.78, 5) is 12.0. The lowest BCUT2D eigenvalue weighted by atomic mass is 10.1. The van der Waals surface area contributed by atoms with E-state index >= 15 is 0 Å². The smallest absolute Gasteiger partial charge is 0.223 e. The number of nitrogens with two attached hydrogens (primary N) is 1. The maximum atomic E-state index is 12.0. The zero-order chi connectivity index (χ0) is 17.2. The third-order valence-electron chi connectivity index (χ3n) is 3.73. The summed E-state index contributed by atoms with van der Waals surface area (Å²) in [5.41, 5.74) is 6.57. The van der Waals surface area contributed by atoms with Gasteiger partial charge in [-0.25, -0.2) is 0 Å². The van der Waals surface area contributed by atoms with Gasteiger partial charge in [0, 0.05) is 13.7 Å². The molecule has 5 nitrogen and oxygen atoms in total. The summed E-state index contributed by atoms with van der Waals surface area (Å²) in [5.74, 6) is 1.43. The lowest BCUT2D eigenvalue weighted by Gasteiger charge is -2.17. The highest BCUT2D eigenvalue weighted by Crippen LogP contribution is 2.18. The van der Waals surface area contributed by atoms with E-state index in [0.717, 1.165) is 24.3 Å². The first-order valence-electron chi connectivity index (χ1n) is 8.21. The summed E-state index contributed by atoms with van der Waals surface area (Å²) in [6.07, 6.45) is 1.07. The van der Waals surface area contributed by atoms with Crippen molar-refractivity contribution in [2.75, 3.05) is 20.3 Å². The number of methoxy groups -OCH3 is 1. The van der Waals surface area contributed by atoms with Crippen LogP contribution in [0.4, 0.5) is 0 Å². The lowest BCUT2D eigenvalue weighted by Crippen LogP contribution is -2.33. The molecule has 3 N–H and O–H groups in total. The van der Waals surface area contributed by atoms with E-state index in [1.807, 2.05) is 31.2 Å². The normalized spacial score (nSPS) is 13.1. The highest BCUT2D eigenvalue weighted by Gasteiger charge is 2.14. The van der Waals surface area contributed by atoms with Gasteiger partial charge in [-0.2, -0.15) is 0 Å². The van der Waals surface area contributed by atoms with Crippen LogP contribution in [0.1, 0.15) is 45.2 Å². The lowest BCUT2D eigenvalue weighted by molar-refractivity contribution is -0.124. The second-order valence-electron chi connectivity index (χ2n) is 6.19. The summed E-state index contributed by atoms with van der Waals surface area (Å²) in [5, 5.41) is 2.96. The fraction of sp³-hybridized carbons (Fsp3) is 0.611. The van der Waals surface area contributed by atoms with Crippen molar-refractivity contribution in [2.45, 2.75) is 45.8 Å². The number of nitrogens with one attached hydrogen (secondary N) is 1. The number of carbonyl (C=O) groups is 1. The average Bonchev–Trinajstić information content (AvgIpc) is 2.52. The third-order valence-corrected chi connectivity index (χ3v) is 3.73. The van der Waals surface area contributed by atoms with Gasteiger partial charge in [0.15, 0.2) is 0 Å². The van der Waals surface area contributed by atoms with Crippen LogP contribution in [0, 0.1) is 5.92 Å². The highest BCUT2D eigenvalue weighted by molar-refractivity contribution is 5.85. The van der Waals surface area contributed by atoms with Crippen LogP contribution in [-0.4, -0.2) is 32.3 Å². The quantitative estimate of drug-likeness (QED) is 0.674. The van der Waals surface area contributed by atoms with Gasteiger partial charge in [-0.15, -0.1) is 12.4 Å². The van der Waals surface area contributed by atoms with Crippen LogP contribution in [0.5, 0.6) is 5.75 Å². The maximum Gasteiger partial charge on any atom is 0.223 e. The molecule has 0 spiro atoms. The van der Waals surface area contributed by atoms with Crippen molar-refractivity contribution in [1.29, 1.82) is 0 Å². The molecule has 1 rings (SSSR count). The molecule has 0 aromatic heterocycles. The largest absolute Gasteiger partial charge is 0.494 e. The Hall–Kier alpha value is -1.30. The van der Waals surface area contributed by atoms with Crippen LogP contribution >= 0.6 is 12.4 Å². The monoisotopic (exact) mass is 358 g/mol. The van der Waals surface area contributed by atoms with Gasteiger partial charge >= 0.3 is 0 Å². The SMILES string of the molecule is COC(CN)CC(=O)NC(C)c1ccc(OCCC(C)C)cc1.Cl. The Bertz CT molecular complexity index is 462. The van der Waals surface area contributed by atoms with Gasteiger partial charge < -0.3 is 20.5 Å². The van der Waals surface area contributed by atoms with E-state index in [-0.39, 0.29) is 36.9 Å². The van der Waals surface area contributed by atoms with Crippen LogP contribution in [0.25, 0.3) is 0 Å². The van der Waals surface area contributed by atoms with Crippen LogP contribution in [0.15, 0.2) is 24.3 Å².